The molecule has 1 atom stereocenters. The second kappa shape index (κ2) is 8.32. The number of benzene rings is 1. The van der Waals surface area contributed by atoms with Crippen molar-refractivity contribution in [2.75, 3.05) is 13.2 Å². The predicted molar refractivity (Wildman–Crippen MR) is 77.1 cm³/mol. The number of nitro groups is 1. The summed E-state index contributed by atoms with van der Waals surface area (Å²) < 4.78 is 72.6. The third-order valence-corrected chi connectivity index (χ3v) is 3.37. The molecule has 136 valence electrons. The topological polar surface area (TPSA) is 180 Å². The zero-order valence-corrected chi connectivity index (χ0v) is 13.5. The summed E-state index contributed by atoms with van der Waals surface area (Å²) in [4.78, 5) is 9.88. The zero-order valence-electron chi connectivity index (χ0n) is 11.8. The lowest BCUT2D eigenvalue weighted by Crippen LogP contribution is -2.27. The molecule has 0 amide bonds. The van der Waals surface area contributed by atoms with Gasteiger partial charge < -0.3 is 4.74 Å². The number of nitrogens with zero attached hydrogens (tertiary/aromatic N) is 1. The van der Waals surface area contributed by atoms with Crippen molar-refractivity contribution in [3.63, 3.8) is 0 Å². The van der Waals surface area contributed by atoms with E-state index in [0.717, 1.165) is 0 Å². The molecule has 24 heavy (non-hydrogen) atoms. The van der Waals surface area contributed by atoms with Crippen LogP contribution in [0.3, 0.4) is 0 Å². The van der Waals surface area contributed by atoms with Crippen molar-refractivity contribution in [2.24, 2.45) is 0 Å². The lowest BCUT2D eigenvalue weighted by molar-refractivity contribution is -0.384. The molecule has 0 bridgehead atoms. The molecule has 14 heteroatoms. The van der Waals surface area contributed by atoms with E-state index in [9.17, 15) is 26.9 Å². The fraction of sp³-hybridized carbons (Fsp3) is 0.400. The number of non-ortho nitro benzene ring substituents is 1. The average molecular weight is 387 g/mol. The Morgan fingerprint density at radius 1 is 1.08 bits per heavy atom. The van der Waals surface area contributed by atoms with E-state index in [1.807, 2.05) is 0 Å². The highest BCUT2D eigenvalue weighted by Gasteiger charge is 2.20. The minimum absolute atomic E-state index is 0.156. The van der Waals surface area contributed by atoms with E-state index in [2.05, 4.69) is 8.37 Å². The predicted octanol–water partition coefficient (Wildman–Crippen LogP) is 0.371. The Hall–Kier alpha value is -1.84. The van der Waals surface area contributed by atoms with Crippen molar-refractivity contribution < 1.29 is 44.0 Å². The SMILES string of the molecule is O=[N+]([O-])c1ccc(OCCC(COS(=O)(=O)O)OS(=O)(=O)O)cc1. The van der Waals surface area contributed by atoms with Crippen molar-refractivity contribution in [2.45, 2.75) is 12.5 Å². The fourth-order valence-corrected chi connectivity index (χ4v) is 2.28. The van der Waals surface area contributed by atoms with Crippen LogP contribution in [-0.4, -0.2) is 50.2 Å². The van der Waals surface area contributed by atoms with Crippen LogP contribution in [0.2, 0.25) is 0 Å². The van der Waals surface area contributed by atoms with E-state index in [0.29, 0.717) is 0 Å². The molecule has 1 aromatic rings. The summed E-state index contributed by atoms with van der Waals surface area (Å²) in [6.07, 6.45) is -1.70. The van der Waals surface area contributed by atoms with Crippen LogP contribution in [0.5, 0.6) is 5.75 Å². The first kappa shape index (κ1) is 20.2. The molecule has 0 saturated carbocycles. The summed E-state index contributed by atoms with van der Waals surface area (Å²) in [6, 6.07) is 4.96. The molecule has 0 aliphatic carbocycles. The van der Waals surface area contributed by atoms with Crippen LogP contribution in [0.25, 0.3) is 0 Å². The van der Waals surface area contributed by atoms with Crippen LogP contribution < -0.4 is 4.74 Å². The van der Waals surface area contributed by atoms with E-state index < -0.39 is 38.4 Å². The highest BCUT2D eigenvalue weighted by Crippen LogP contribution is 2.18. The Morgan fingerprint density at radius 2 is 1.67 bits per heavy atom. The third-order valence-electron chi connectivity index (χ3n) is 2.42. The molecule has 0 saturated heterocycles. The number of rotatable bonds is 10. The summed E-state index contributed by atoms with van der Waals surface area (Å²) in [5, 5.41) is 10.5. The van der Waals surface area contributed by atoms with Crippen molar-refractivity contribution in [1.29, 1.82) is 0 Å². The number of nitro benzene ring substituents is 1. The van der Waals surface area contributed by atoms with Gasteiger partial charge in [0.1, 0.15) is 11.9 Å². The number of hydrogen-bond donors (Lipinski definition) is 2. The Labute approximate surface area is 137 Å². The molecular formula is C10H13NO11S2. The second-order valence-corrected chi connectivity index (χ2v) is 6.39. The summed E-state index contributed by atoms with van der Waals surface area (Å²) in [7, 11) is -9.71. The van der Waals surface area contributed by atoms with Gasteiger partial charge in [0.25, 0.3) is 5.69 Å². The van der Waals surface area contributed by atoms with Crippen LogP contribution in [0.1, 0.15) is 6.42 Å². The first-order chi connectivity index (χ1) is 11.0. The maximum Gasteiger partial charge on any atom is 0.397 e. The molecule has 0 radical (unpaired) electrons. The van der Waals surface area contributed by atoms with Gasteiger partial charge in [-0.25, -0.2) is 8.37 Å². The molecular weight excluding hydrogens is 374 g/mol. The van der Waals surface area contributed by atoms with Crippen molar-refractivity contribution >= 4 is 26.5 Å². The lowest BCUT2D eigenvalue weighted by atomic mass is 10.3. The van der Waals surface area contributed by atoms with Crippen LogP contribution in [0, 0.1) is 10.1 Å². The van der Waals surface area contributed by atoms with Gasteiger partial charge in [0, 0.05) is 18.6 Å². The molecule has 1 rings (SSSR count). The van der Waals surface area contributed by atoms with E-state index in [-0.39, 0.29) is 24.5 Å². The van der Waals surface area contributed by atoms with E-state index >= 15 is 0 Å². The van der Waals surface area contributed by atoms with E-state index in [1.54, 1.807) is 0 Å². The first-order valence-corrected chi connectivity index (χ1v) is 8.84. The molecule has 1 unspecified atom stereocenters. The molecule has 2 N–H and O–H groups in total. The fourth-order valence-electron chi connectivity index (χ4n) is 1.47. The van der Waals surface area contributed by atoms with Gasteiger partial charge in [0.15, 0.2) is 0 Å². The lowest BCUT2D eigenvalue weighted by Gasteiger charge is -2.15. The van der Waals surface area contributed by atoms with Gasteiger partial charge >= 0.3 is 20.8 Å². The smallest absolute Gasteiger partial charge is 0.397 e. The van der Waals surface area contributed by atoms with Crippen LogP contribution in [0.4, 0.5) is 5.69 Å². The number of hydrogen-bond acceptors (Lipinski definition) is 9. The highest BCUT2D eigenvalue weighted by atomic mass is 32.3. The van der Waals surface area contributed by atoms with Gasteiger partial charge in [-0.05, 0) is 12.1 Å². The standard InChI is InChI=1S/C10H13NO11S2/c12-11(13)8-1-3-9(4-2-8)20-6-5-10(22-24(17,18)19)7-21-23(14,15)16/h1-4,10H,5-7H2,(H,14,15,16)(H,17,18,19). The first-order valence-electron chi connectivity index (χ1n) is 6.11. The molecule has 0 fully saturated rings. The molecule has 0 aliphatic heterocycles. The maximum absolute atomic E-state index is 10.7. The van der Waals surface area contributed by atoms with Gasteiger partial charge in [-0.2, -0.15) is 16.8 Å². The highest BCUT2D eigenvalue weighted by molar-refractivity contribution is 7.81. The quantitative estimate of drug-likeness (QED) is 0.321. The second-order valence-electron chi connectivity index (χ2n) is 4.25. The van der Waals surface area contributed by atoms with Gasteiger partial charge in [-0.15, -0.1) is 0 Å². The molecule has 12 nitrogen and oxygen atoms in total. The van der Waals surface area contributed by atoms with Crippen molar-refractivity contribution in [3.05, 3.63) is 34.4 Å². The van der Waals surface area contributed by atoms with Gasteiger partial charge in [-0.3, -0.25) is 19.2 Å². The average Bonchev–Trinajstić information content (AvgIpc) is 2.43. The minimum Gasteiger partial charge on any atom is -0.493 e. The van der Waals surface area contributed by atoms with Crippen LogP contribution in [0.15, 0.2) is 24.3 Å². The Bertz CT molecular complexity index is 756. The van der Waals surface area contributed by atoms with E-state index in [1.165, 1.54) is 24.3 Å². The van der Waals surface area contributed by atoms with Crippen LogP contribution in [-0.2, 0) is 29.2 Å². The van der Waals surface area contributed by atoms with Crippen molar-refractivity contribution in [3.8, 4) is 5.75 Å². The molecule has 0 aliphatic rings. The van der Waals surface area contributed by atoms with Gasteiger partial charge in [-0.1, -0.05) is 0 Å². The Kier molecular flexibility index (Phi) is 7.00. The summed E-state index contributed by atoms with van der Waals surface area (Å²) >= 11 is 0. The molecule has 1 aromatic carbocycles. The van der Waals surface area contributed by atoms with Crippen molar-refractivity contribution in [1.82, 2.24) is 0 Å². The Morgan fingerprint density at radius 3 is 2.12 bits per heavy atom. The zero-order chi connectivity index (χ0) is 18.4. The normalized spacial score (nSPS) is 13.4. The summed E-state index contributed by atoms with van der Waals surface area (Å²) in [5.74, 6) is 0.224. The minimum atomic E-state index is -4.89. The van der Waals surface area contributed by atoms with Crippen LogP contribution >= 0.6 is 0 Å². The largest absolute Gasteiger partial charge is 0.493 e. The van der Waals surface area contributed by atoms with E-state index in [4.69, 9.17) is 13.8 Å². The summed E-state index contributed by atoms with van der Waals surface area (Å²) in [5.41, 5.74) is -0.156. The maximum atomic E-state index is 10.7. The molecule has 0 spiro atoms. The van der Waals surface area contributed by atoms with Gasteiger partial charge in [0.2, 0.25) is 0 Å². The number of ether oxygens (including phenoxy) is 1. The Balaban J connectivity index is 2.58. The third kappa shape index (κ3) is 8.70. The summed E-state index contributed by atoms with van der Waals surface area (Å²) in [6.45, 7) is -1.09. The van der Waals surface area contributed by atoms with Gasteiger partial charge in [0.05, 0.1) is 18.1 Å². The monoisotopic (exact) mass is 387 g/mol. The molecule has 0 aromatic heterocycles. The molecule has 0 heterocycles.